The fourth-order valence-corrected chi connectivity index (χ4v) is 3.05. The molecule has 122 valence electrons. The van der Waals surface area contributed by atoms with Gasteiger partial charge in [0.2, 0.25) is 5.91 Å². The van der Waals surface area contributed by atoms with Crippen LogP contribution in [0.3, 0.4) is 0 Å². The SMILES string of the molecule is CC(C)(C)[C@@H]1CCN(C(=O)CCCCN2C(=O)C=CC2=O)C1. The molecule has 1 atom stereocenters. The number of carbonyl (C=O) groups is 3. The Balaban J connectivity index is 1.67. The average molecular weight is 306 g/mol. The van der Waals surface area contributed by atoms with Crippen molar-refractivity contribution in [1.29, 1.82) is 0 Å². The predicted molar refractivity (Wildman–Crippen MR) is 83.9 cm³/mol. The van der Waals surface area contributed by atoms with Crippen LogP contribution in [-0.2, 0) is 14.4 Å². The van der Waals surface area contributed by atoms with Crippen LogP contribution in [-0.4, -0.2) is 47.2 Å². The Morgan fingerprint density at radius 2 is 1.82 bits per heavy atom. The Labute approximate surface area is 132 Å². The summed E-state index contributed by atoms with van der Waals surface area (Å²) < 4.78 is 0. The van der Waals surface area contributed by atoms with E-state index >= 15 is 0 Å². The lowest BCUT2D eigenvalue weighted by Gasteiger charge is -2.27. The zero-order valence-electron chi connectivity index (χ0n) is 13.8. The van der Waals surface area contributed by atoms with Crippen LogP contribution < -0.4 is 0 Å². The molecule has 2 aliphatic rings. The zero-order valence-corrected chi connectivity index (χ0v) is 13.8. The van der Waals surface area contributed by atoms with E-state index in [1.807, 2.05) is 4.90 Å². The summed E-state index contributed by atoms with van der Waals surface area (Å²) >= 11 is 0. The minimum atomic E-state index is -0.246. The van der Waals surface area contributed by atoms with Crippen molar-refractivity contribution in [2.45, 2.75) is 46.5 Å². The third-order valence-corrected chi connectivity index (χ3v) is 4.69. The van der Waals surface area contributed by atoms with Crippen LogP contribution in [0.4, 0.5) is 0 Å². The van der Waals surface area contributed by atoms with Crippen molar-refractivity contribution < 1.29 is 14.4 Å². The van der Waals surface area contributed by atoms with Gasteiger partial charge in [0, 0.05) is 38.2 Å². The highest BCUT2D eigenvalue weighted by atomic mass is 16.2. The monoisotopic (exact) mass is 306 g/mol. The second-order valence-electron chi connectivity index (χ2n) is 7.31. The molecule has 1 fully saturated rings. The summed E-state index contributed by atoms with van der Waals surface area (Å²) in [6, 6.07) is 0. The number of hydrogen-bond acceptors (Lipinski definition) is 3. The Morgan fingerprint density at radius 1 is 1.18 bits per heavy atom. The van der Waals surface area contributed by atoms with Gasteiger partial charge < -0.3 is 4.90 Å². The highest BCUT2D eigenvalue weighted by Gasteiger charge is 2.33. The fraction of sp³-hybridized carbons (Fsp3) is 0.706. The van der Waals surface area contributed by atoms with E-state index in [9.17, 15) is 14.4 Å². The molecule has 22 heavy (non-hydrogen) atoms. The number of carbonyl (C=O) groups excluding carboxylic acids is 3. The van der Waals surface area contributed by atoms with Crippen LogP contribution in [0.15, 0.2) is 12.2 Å². The highest BCUT2D eigenvalue weighted by Crippen LogP contribution is 2.33. The lowest BCUT2D eigenvalue weighted by atomic mass is 9.80. The van der Waals surface area contributed by atoms with Crippen LogP contribution >= 0.6 is 0 Å². The van der Waals surface area contributed by atoms with Crippen molar-refractivity contribution >= 4 is 17.7 Å². The van der Waals surface area contributed by atoms with Crippen molar-refractivity contribution in [3.8, 4) is 0 Å². The standard InChI is InChI=1S/C17H26N2O3/c1-17(2,3)13-9-11-18(12-13)14(20)6-4-5-10-19-15(21)7-8-16(19)22/h7-8,13H,4-6,9-12H2,1-3H3/t13-/m1/s1. The van der Waals surface area contributed by atoms with E-state index in [2.05, 4.69) is 20.8 Å². The highest BCUT2D eigenvalue weighted by molar-refractivity contribution is 6.12. The molecule has 0 spiro atoms. The molecule has 1 saturated heterocycles. The number of hydrogen-bond donors (Lipinski definition) is 0. The first-order chi connectivity index (χ1) is 10.3. The van der Waals surface area contributed by atoms with Crippen molar-refractivity contribution in [1.82, 2.24) is 9.80 Å². The Kier molecular flexibility index (Phi) is 5.04. The minimum Gasteiger partial charge on any atom is -0.342 e. The minimum absolute atomic E-state index is 0.198. The van der Waals surface area contributed by atoms with Crippen LogP contribution in [0.2, 0.25) is 0 Å². The first kappa shape index (κ1) is 16.7. The van der Waals surface area contributed by atoms with Gasteiger partial charge in [0.25, 0.3) is 11.8 Å². The topological polar surface area (TPSA) is 57.7 Å². The number of unbranched alkanes of at least 4 members (excludes halogenated alkanes) is 1. The third-order valence-electron chi connectivity index (χ3n) is 4.69. The van der Waals surface area contributed by atoms with E-state index < -0.39 is 0 Å². The van der Waals surface area contributed by atoms with Gasteiger partial charge in [-0.15, -0.1) is 0 Å². The lowest BCUT2D eigenvalue weighted by Crippen LogP contribution is -2.32. The summed E-state index contributed by atoms with van der Waals surface area (Å²) in [4.78, 5) is 38.2. The molecule has 2 heterocycles. The Morgan fingerprint density at radius 3 is 2.36 bits per heavy atom. The van der Waals surface area contributed by atoms with Crippen molar-refractivity contribution in [3.05, 3.63) is 12.2 Å². The van der Waals surface area contributed by atoms with Gasteiger partial charge in [-0.25, -0.2) is 0 Å². The maximum Gasteiger partial charge on any atom is 0.253 e. The molecule has 2 rings (SSSR count). The molecular weight excluding hydrogens is 280 g/mol. The molecule has 3 amide bonds. The van der Waals surface area contributed by atoms with Crippen molar-refractivity contribution in [3.63, 3.8) is 0 Å². The normalized spacial score (nSPS) is 22.0. The van der Waals surface area contributed by atoms with Gasteiger partial charge in [-0.3, -0.25) is 19.3 Å². The molecule has 0 aromatic heterocycles. The summed E-state index contributed by atoms with van der Waals surface area (Å²) in [7, 11) is 0. The molecule has 0 unspecified atom stereocenters. The fourth-order valence-electron chi connectivity index (χ4n) is 3.05. The van der Waals surface area contributed by atoms with E-state index in [4.69, 9.17) is 0 Å². The number of rotatable bonds is 5. The largest absolute Gasteiger partial charge is 0.342 e. The number of likely N-dealkylation sites (tertiary alicyclic amines) is 1. The van der Waals surface area contributed by atoms with E-state index in [0.29, 0.717) is 31.7 Å². The summed E-state index contributed by atoms with van der Waals surface area (Å²) in [5, 5.41) is 0. The summed E-state index contributed by atoms with van der Waals surface area (Å²) in [6.07, 6.45) is 5.57. The van der Waals surface area contributed by atoms with E-state index in [-0.39, 0.29) is 23.1 Å². The van der Waals surface area contributed by atoms with Gasteiger partial charge >= 0.3 is 0 Å². The smallest absolute Gasteiger partial charge is 0.253 e. The van der Waals surface area contributed by atoms with Gasteiger partial charge in [-0.05, 0) is 30.6 Å². The molecule has 0 saturated carbocycles. The predicted octanol–water partition coefficient (Wildman–Crippen LogP) is 1.98. The quantitative estimate of drug-likeness (QED) is 0.576. The van der Waals surface area contributed by atoms with Crippen LogP contribution in [0.5, 0.6) is 0 Å². The molecular formula is C17H26N2O3. The molecule has 0 radical (unpaired) electrons. The number of imide groups is 1. The second-order valence-corrected chi connectivity index (χ2v) is 7.31. The van der Waals surface area contributed by atoms with E-state index in [1.165, 1.54) is 17.1 Å². The average Bonchev–Trinajstić information content (AvgIpc) is 3.04. The molecule has 5 heteroatoms. The van der Waals surface area contributed by atoms with Crippen molar-refractivity contribution in [2.75, 3.05) is 19.6 Å². The Hall–Kier alpha value is -1.65. The van der Waals surface area contributed by atoms with Gasteiger partial charge in [-0.1, -0.05) is 20.8 Å². The molecule has 2 aliphatic heterocycles. The van der Waals surface area contributed by atoms with Crippen LogP contribution in [0, 0.1) is 11.3 Å². The van der Waals surface area contributed by atoms with Gasteiger partial charge in [0.1, 0.15) is 0 Å². The van der Waals surface area contributed by atoms with Crippen LogP contribution in [0.1, 0.15) is 46.5 Å². The zero-order chi connectivity index (χ0) is 16.3. The molecule has 5 nitrogen and oxygen atoms in total. The summed E-state index contributed by atoms with van der Waals surface area (Å²) in [5.41, 5.74) is 0.249. The van der Waals surface area contributed by atoms with E-state index in [1.54, 1.807) is 0 Å². The first-order valence-electron chi connectivity index (χ1n) is 8.10. The molecule has 0 bridgehead atoms. The lowest BCUT2D eigenvalue weighted by molar-refractivity contribution is -0.136. The molecule has 0 aromatic rings. The van der Waals surface area contributed by atoms with Crippen molar-refractivity contribution in [2.24, 2.45) is 11.3 Å². The third kappa shape index (κ3) is 3.96. The van der Waals surface area contributed by atoms with E-state index in [0.717, 1.165) is 19.5 Å². The van der Waals surface area contributed by atoms with Gasteiger partial charge in [0.15, 0.2) is 0 Å². The second kappa shape index (κ2) is 6.63. The maximum absolute atomic E-state index is 12.2. The molecule has 0 aliphatic carbocycles. The molecule has 0 aromatic carbocycles. The molecule has 0 N–H and O–H groups in total. The maximum atomic E-state index is 12.2. The van der Waals surface area contributed by atoms with Gasteiger partial charge in [0.05, 0.1) is 0 Å². The summed E-state index contributed by atoms with van der Waals surface area (Å²) in [6.45, 7) is 8.79. The first-order valence-corrected chi connectivity index (χ1v) is 8.10. The number of nitrogens with zero attached hydrogens (tertiary/aromatic N) is 2. The van der Waals surface area contributed by atoms with Gasteiger partial charge in [-0.2, -0.15) is 0 Å². The Bertz CT molecular complexity index is 473. The summed E-state index contributed by atoms with van der Waals surface area (Å²) in [5.74, 6) is 0.277. The number of amides is 3. The van der Waals surface area contributed by atoms with Crippen LogP contribution in [0.25, 0.3) is 0 Å².